The number of carbonyl (C=O) groups excluding carboxylic acids is 1. The van der Waals surface area contributed by atoms with Gasteiger partial charge in [-0.2, -0.15) is 15.1 Å². The first-order valence-corrected chi connectivity index (χ1v) is 10.6. The molecule has 1 amide bonds. The number of β-amino-alcohol motifs (C(OH)–C–C–N with tert-alkyl or cyclic N) is 1. The predicted octanol–water partition coefficient (Wildman–Crippen LogP) is 2.61. The van der Waals surface area contributed by atoms with Crippen molar-refractivity contribution < 1.29 is 14.8 Å². The lowest BCUT2D eigenvalue weighted by molar-refractivity contribution is -0.380. The molecule has 4 heterocycles. The Kier molecular flexibility index (Phi) is 4.99. The molecule has 11 nitrogen and oxygen atoms in total. The molecule has 3 aromatic heterocycles. The van der Waals surface area contributed by atoms with Gasteiger partial charge in [0, 0.05) is 19.2 Å². The summed E-state index contributed by atoms with van der Waals surface area (Å²) in [5, 5.41) is 28.5. The monoisotopic (exact) mass is 451 g/mol. The second-order valence-electron chi connectivity index (χ2n) is 7.24. The van der Waals surface area contributed by atoms with Gasteiger partial charge in [0.2, 0.25) is 5.95 Å². The highest BCUT2D eigenvalue weighted by atomic mass is 32.1. The summed E-state index contributed by atoms with van der Waals surface area (Å²) < 4.78 is 1.65. The fourth-order valence-electron chi connectivity index (χ4n) is 3.53. The van der Waals surface area contributed by atoms with Crippen molar-refractivity contribution in [2.75, 3.05) is 23.3 Å². The molecule has 0 aliphatic carbocycles. The van der Waals surface area contributed by atoms with Crippen molar-refractivity contribution in [2.24, 2.45) is 0 Å². The van der Waals surface area contributed by atoms with E-state index in [9.17, 15) is 20.0 Å². The number of anilines is 2. The summed E-state index contributed by atoms with van der Waals surface area (Å²) in [6, 6.07) is 12.1. The van der Waals surface area contributed by atoms with E-state index < -0.39 is 16.9 Å². The largest absolute Gasteiger partial charge is 0.391 e. The van der Waals surface area contributed by atoms with E-state index in [4.69, 9.17) is 0 Å². The Morgan fingerprint density at radius 1 is 1.22 bits per heavy atom. The van der Waals surface area contributed by atoms with Gasteiger partial charge in [0.1, 0.15) is 5.82 Å². The number of carbonyl (C=O) groups is 1. The van der Waals surface area contributed by atoms with Crippen LogP contribution in [0.25, 0.3) is 16.7 Å². The van der Waals surface area contributed by atoms with Crippen molar-refractivity contribution in [1.29, 1.82) is 0 Å². The molecule has 4 aromatic rings. The highest BCUT2D eigenvalue weighted by Crippen LogP contribution is 2.29. The fraction of sp³-hybridized carbons (Fsp3) is 0.200. The van der Waals surface area contributed by atoms with Crippen molar-refractivity contribution in [3.63, 3.8) is 0 Å². The third kappa shape index (κ3) is 3.65. The zero-order valence-electron chi connectivity index (χ0n) is 16.6. The van der Waals surface area contributed by atoms with Gasteiger partial charge in [-0.05, 0) is 24.6 Å². The Morgan fingerprint density at radius 3 is 2.72 bits per heavy atom. The minimum atomic E-state index is -0.537. The molecule has 1 fully saturated rings. The van der Waals surface area contributed by atoms with E-state index in [0.717, 1.165) is 17.0 Å². The van der Waals surface area contributed by atoms with Crippen LogP contribution in [0.4, 0.5) is 16.8 Å². The van der Waals surface area contributed by atoms with E-state index in [1.165, 1.54) is 12.1 Å². The highest BCUT2D eigenvalue weighted by Gasteiger charge is 2.25. The predicted molar refractivity (Wildman–Crippen MR) is 118 cm³/mol. The molecular formula is C20H17N7O4S. The summed E-state index contributed by atoms with van der Waals surface area (Å²) >= 11 is 0.787. The molecule has 1 aliphatic rings. The molecule has 1 atom stereocenters. The van der Waals surface area contributed by atoms with Gasteiger partial charge in [-0.3, -0.25) is 14.9 Å². The van der Waals surface area contributed by atoms with Crippen LogP contribution in [0.15, 0.2) is 48.7 Å². The van der Waals surface area contributed by atoms with Gasteiger partial charge in [0.05, 0.1) is 33.2 Å². The van der Waals surface area contributed by atoms with Crippen LogP contribution in [0.3, 0.4) is 0 Å². The number of aromatic nitrogens is 4. The van der Waals surface area contributed by atoms with E-state index in [1.807, 2.05) is 35.2 Å². The average molecular weight is 451 g/mol. The first-order chi connectivity index (χ1) is 15.5. The number of amides is 1. The van der Waals surface area contributed by atoms with E-state index in [1.54, 1.807) is 10.9 Å². The zero-order chi connectivity index (χ0) is 22.2. The van der Waals surface area contributed by atoms with Gasteiger partial charge in [-0.25, -0.2) is 4.68 Å². The lowest BCUT2D eigenvalue weighted by Crippen LogP contribution is -2.24. The van der Waals surface area contributed by atoms with Gasteiger partial charge >= 0.3 is 5.00 Å². The lowest BCUT2D eigenvalue weighted by Gasteiger charge is -2.17. The summed E-state index contributed by atoms with van der Waals surface area (Å²) in [5.41, 5.74) is 1.29. The molecule has 2 N–H and O–H groups in total. The van der Waals surface area contributed by atoms with Gasteiger partial charge in [0.25, 0.3) is 5.91 Å². The summed E-state index contributed by atoms with van der Waals surface area (Å²) in [6.07, 6.45) is 1.69. The van der Waals surface area contributed by atoms with Crippen LogP contribution in [0.5, 0.6) is 0 Å². The number of rotatable bonds is 5. The topological polar surface area (TPSA) is 139 Å². The molecule has 5 rings (SSSR count). The minimum absolute atomic E-state index is 0.119. The lowest BCUT2D eigenvalue weighted by atomic mass is 10.3. The third-order valence-corrected chi connectivity index (χ3v) is 6.13. The van der Waals surface area contributed by atoms with E-state index in [2.05, 4.69) is 20.4 Å². The number of benzene rings is 1. The first kappa shape index (κ1) is 20.0. The smallest absolute Gasteiger partial charge is 0.324 e. The van der Waals surface area contributed by atoms with Crippen molar-refractivity contribution in [3.05, 3.63) is 63.7 Å². The van der Waals surface area contributed by atoms with Crippen LogP contribution in [-0.4, -0.2) is 54.9 Å². The molecule has 1 unspecified atom stereocenters. The number of hydrogen-bond acceptors (Lipinski definition) is 9. The molecule has 162 valence electrons. The molecule has 0 saturated carbocycles. The fourth-order valence-corrected chi connectivity index (χ4v) is 4.25. The normalized spacial score (nSPS) is 15.9. The Bertz CT molecular complexity index is 1320. The number of hydrogen-bond donors (Lipinski definition) is 2. The molecule has 1 aromatic carbocycles. The summed E-state index contributed by atoms with van der Waals surface area (Å²) in [4.78, 5) is 34.4. The van der Waals surface area contributed by atoms with Crippen LogP contribution in [-0.2, 0) is 0 Å². The maximum atomic E-state index is 12.8. The maximum Gasteiger partial charge on any atom is 0.324 e. The van der Waals surface area contributed by atoms with Crippen molar-refractivity contribution >= 4 is 45.0 Å². The minimum Gasteiger partial charge on any atom is -0.391 e. The van der Waals surface area contributed by atoms with E-state index in [0.29, 0.717) is 36.5 Å². The summed E-state index contributed by atoms with van der Waals surface area (Å²) in [7, 11) is 0. The van der Waals surface area contributed by atoms with Crippen molar-refractivity contribution in [3.8, 4) is 5.69 Å². The Balaban J connectivity index is 1.58. The Hall–Kier alpha value is -3.90. The molecule has 32 heavy (non-hydrogen) atoms. The first-order valence-electron chi connectivity index (χ1n) is 9.79. The third-order valence-electron chi connectivity index (χ3n) is 5.09. The summed E-state index contributed by atoms with van der Waals surface area (Å²) in [5.74, 6) is 0.0942. The zero-order valence-corrected chi connectivity index (χ0v) is 17.4. The number of para-hydroxylation sites is 1. The number of aliphatic hydroxyl groups is 1. The Morgan fingerprint density at radius 2 is 2.03 bits per heavy atom. The number of nitro groups is 1. The number of fused-ring (bicyclic) bond motifs is 1. The second-order valence-corrected chi connectivity index (χ2v) is 8.30. The number of nitrogens with zero attached hydrogens (tertiary/aromatic N) is 6. The quantitative estimate of drug-likeness (QED) is 0.349. The van der Waals surface area contributed by atoms with Gasteiger partial charge in [0.15, 0.2) is 5.65 Å². The SMILES string of the molecule is O=C(Nc1nc(N2CCC(O)C2)nc2c1cnn2-c1ccccc1)c1ccc([N+](=O)[O-])s1. The van der Waals surface area contributed by atoms with Gasteiger partial charge in [-0.1, -0.05) is 29.5 Å². The van der Waals surface area contributed by atoms with E-state index in [-0.39, 0.29) is 15.7 Å². The second kappa shape index (κ2) is 7.98. The van der Waals surface area contributed by atoms with Crippen molar-refractivity contribution in [1.82, 2.24) is 19.7 Å². The maximum absolute atomic E-state index is 12.8. The number of aliphatic hydroxyl groups excluding tert-OH is 1. The standard InChI is InChI=1S/C20H17N7O4S/c28-13-8-9-25(11-13)20-23-17(22-19(29)15-6-7-16(32-15)27(30)31)14-10-21-26(18(14)24-20)12-4-2-1-3-5-12/h1-7,10,13,28H,8-9,11H2,(H,22,23,24,29). The van der Waals surface area contributed by atoms with Gasteiger partial charge in [-0.15, -0.1) is 0 Å². The van der Waals surface area contributed by atoms with E-state index >= 15 is 0 Å². The highest BCUT2D eigenvalue weighted by molar-refractivity contribution is 7.17. The van der Waals surface area contributed by atoms with Crippen LogP contribution < -0.4 is 10.2 Å². The molecule has 1 saturated heterocycles. The molecule has 1 aliphatic heterocycles. The molecular weight excluding hydrogens is 434 g/mol. The van der Waals surface area contributed by atoms with Crippen LogP contribution in [0.2, 0.25) is 0 Å². The molecule has 0 spiro atoms. The molecule has 0 bridgehead atoms. The molecule has 12 heteroatoms. The summed E-state index contributed by atoms with van der Waals surface area (Å²) in [6.45, 7) is 0.964. The molecule has 0 radical (unpaired) electrons. The van der Waals surface area contributed by atoms with Crippen LogP contribution >= 0.6 is 11.3 Å². The number of nitrogens with one attached hydrogen (secondary N) is 1. The van der Waals surface area contributed by atoms with Gasteiger partial charge < -0.3 is 15.3 Å². The Labute approximate surface area is 185 Å². The van der Waals surface area contributed by atoms with Crippen LogP contribution in [0.1, 0.15) is 16.1 Å². The van der Waals surface area contributed by atoms with Crippen molar-refractivity contribution in [2.45, 2.75) is 12.5 Å². The van der Waals surface area contributed by atoms with Crippen LogP contribution in [0, 0.1) is 10.1 Å². The average Bonchev–Trinajstić information content (AvgIpc) is 3.53. The number of thiophene rings is 1.